The number of rotatable bonds is 4. The van der Waals surface area contributed by atoms with Gasteiger partial charge in [0.15, 0.2) is 0 Å². The van der Waals surface area contributed by atoms with Crippen molar-refractivity contribution < 1.29 is 14.3 Å². The highest BCUT2D eigenvalue weighted by Crippen LogP contribution is 2.35. The summed E-state index contributed by atoms with van der Waals surface area (Å²) in [7, 11) is 0. The van der Waals surface area contributed by atoms with Gasteiger partial charge in [-0.15, -0.1) is 0 Å². The predicted octanol–water partition coefficient (Wildman–Crippen LogP) is 3.56. The van der Waals surface area contributed by atoms with E-state index in [-0.39, 0.29) is 10.8 Å². The van der Waals surface area contributed by atoms with Crippen molar-refractivity contribution >= 4 is 17.6 Å². The molecule has 0 aliphatic carbocycles. The van der Waals surface area contributed by atoms with Crippen LogP contribution in [0.2, 0.25) is 5.02 Å². The van der Waals surface area contributed by atoms with Crippen LogP contribution in [0, 0.1) is 11.2 Å². The molecule has 1 aliphatic rings. The van der Waals surface area contributed by atoms with Gasteiger partial charge in [0.05, 0.1) is 10.4 Å². The van der Waals surface area contributed by atoms with E-state index < -0.39 is 11.4 Å². The first kappa shape index (κ1) is 15.3. The maximum absolute atomic E-state index is 13.9. The molecule has 1 saturated heterocycles. The van der Waals surface area contributed by atoms with E-state index in [2.05, 4.69) is 4.90 Å². The summed E-state index contributed by atoms with van der Waals surface area (Å²) in [6.07, 6.45) is 1.86. The van der Waals surface area contributed by atoms with Crippen molar-refractivity contribution in [3.05, 3.63) is 34.6 Å². The van der Waals surface area contributed by atoms with Crippen LogP contribution in [0.4, 0.5) is 4.39 Å². The summed E-state index contributed by atoms with van der Waals surface area (Å²) in [5.74, 6) is -1.09. The minimum Gasteiger partial charge on any atom is -0.481 e. The normalized spacial score (nSPS) is 18.9. The lowest BCUT2D eigenvalue weighted by Crippen LogP contribution is -2.43. The fourth-order valence-corrected chi connectivity index (χ4v) is 2.96. The Hall–Kier alpha value is -1.13. The van der Waals surface area contributed by atoms with Gasteiger partial charge in [-0.1, -0.05) is 30.7 Å². The fraction of sp³-hybridized carbons (Fsp3) is 0.533. The molecule has 0 radical (unpaired) electrons. The zero-order chi connectivity index (χ0) is 14.8. The molecular formula is C15H19ClFNO2. The van der Waals surface area contributed by atoms with Gasteiger partial charge in [0.2, 0.25) is 0 Å². The van der Waals surface area contributed by atoms with Crippen LogP contribution in [0.25, 0.3) is 0 Å². The minimum atomic E-state index is -0.714. The van der Waals surface area contributed by atoms with Crippen molar-refractivity contribution in [2.45, 2.75) is 32.7 Å². The lowest BCUT2D eigenvalue weighted by atomic mass is 9.76. The molecule has 0 spiro atoms. The standard InChI is InChI=1S/C15H19ClFNO2/c1-2-15(14(19)20)6-8-18(9-7-15)10-11-4-3-5-12(16)13(11)17/h3-5H,2,6-10H2,1H3,(H,19,20). The lowest BCUT2D eigenvalue weighted by molar-refractivity contribution is -0.152. The van der Waals surface area contributed by atoms with E-state index in [4.69, 9.17) is 11.6 Å². The second-order valence-electron chi connectivity index (χ2n) is 5.43. The molecule has 0 aromatic heterocycles. The number of carboxylic acids is 1. The number of benzene rings is 1. The Bertz CT molecular complexity index is 499. The van der Waals surface area contributed by atoms with E-state index >= 15 is 0 Å². The van der Waals surface area contributed by atoms with Crippen LogP contribution in [0.1, 0.15) is 31.7 Å². The molecule has 1 aromatic rings. The van der Waals surface area contributed by atoms with Gasteiger partial charge in [-0.05, 0) is 38.4 Å². The third-order valence-electron chi connectivity index (χ3n) is 4.37. The summed E-state index contributed by atoms with van der Waals surface area (Å²) in [4.78, 5) is 13.5. The summed E-state index contributed by atoms with van der Waals surface area (Å²) < 4.78 is 13.9. The zero-order valence-electron chi connectivity index (χ0n) is 11.5. The molecule has 1 fully saturated rings. The van der Waals surface area contributed by atoms with E-state index in [9.17, 15) is 14.3 Å². The average molecular weight is 300 g/mol. The molecule has 0 atom stereocenters. The van der Waals surface area contributed by atoms with Gasteiger partial charge in [-0.25, -0.2) is 4.39 Å². The second-order valence-corrected chi connectivity index (χ2v) is 5.84. The van der Waals surface area contributed by atoms with E-state index in [1.807, 2.05) is 6.92 Å². The van der Waals surface area contributed by atoms with Gasteiger partial charge in [0.1, 0.15) is 5.82 Å². The molecule has 1 aromatic carbocycles. The number of halogens is 2. The Morgan fingerprint density at radius 3 is 2.65 bits per heavy atom. The minimum absolute atomic E-state index is 0.132. The third kappa shape index (κ3) is 2.96. The quantitative estimate of drug-likeness (QED) is 0.924. The molecule has 110 valence electrons. The molecule has 1 aliphatic heterocycles. The van der Waals surface area contributed by atoms with Crippen LogP contribution in [-0.4, -0.2) is 29.1 Å². The number of nitrogens with zero attached hydrogens (tertiary/aromatic N) is 1. The van der Waals surface area contributed by atoms with Crippen molar-refractivity contribution in [1.29, 1.82) is 0 Å². The molecular weight excluding hydrogens is 281 g/mol. The van der Waals surface area contributed by atoms with Crippen LogP contribution in [0.15, 0.2) is 18.2 Å². The molecule has 2 rings (SSSR count). The molecule has 20 heavy (non-hydrogen) atoms. The first-order valence-corrected chi connectivity index (χ1v) is 7.25. The summed E-state index contributed by atoms with van der Waals surface area (Å²) in [6, 6.07) is 4.99. The smallest absolute Gasteiger partial charge is 0.309 e. The maximum Gasteiger partial charge on any atom is 0.309 e. The Morgan fingerprint density at radius 1 is 1.45 bits per heavy atom. The van der Waals surface area contributed by atoms with Gasteiger partial charge in [0.25, 0.3) is 0 Å². The summed E-state index contributed by atoms with van der Waals surface area (Å²) in [6.45, 7) is 3.74. The van der Waals surface area contributed by atoms with Gasteiger partial charge < -0.3 is 5.11 Å². The van der Waals surface area contributed by atoms with E-state index in [0.717, 1.165) is 0 Å². The van der Waals surface area contributed by atoms with Crippen LogP contribution in [-0.2, 0) is 11.3 Å². The Labute approximate surface area is 123 Å². The van der Waals surface area contributed by atoms with E-state index in [0.29, 0.717) is 44.5 Å². The molecule has 1 heterocycles. The molecule has 0 unspecified atom stereocenters. The highest BCUT2D eigenvalue weighted by Gasteiger charge is 2.39. The summed E-state index contributed by atoms with van der Waals surface area (Å²) in [5.41, 5.74) is -0.0413. The van der Waals surface area contributed by atoms with Crippen molar-refractivity contribution in [1.82, 2.24) is 4.90 Å². The number of likely N-dealkylation sites (tertiary alicyclic amines) is 1. The zero-order valence-corrected chi connectivity index (χ0v) is 12.3. The maximum atomic E-state index is 13.9. The Balaban J connectivity index is 2.01. The highest BCUT2D eigenvalue weighted by atomic mass is 35.5. The van der Waals surface area contributed by atoms with Gasteiger partial charge in [-0.2, -0.15) is 0 Å². The van der Waals surface area contributed by atoms with Crippen molar-refractivity contribution in [3.63, 3.8) is 0 Å². The summed E-state index contributed by atoms with van der Waals surface area (Å²) in [5, 5.41) is 9.48. The van der Waals surface area contributed by atoms with Gasteiger partial charge in [-0.3, -0.25) is 9.69 Å². The molecule has 0 bridgehead atoms. The largest absolute Gasteiger partial charge is 0.481 e. The Kier molecular flexibility index (Phi) is 4.66. The molecule has 3 nitrogen and oxygen atoms in total. The van der Waals surface area contributed by atoms with Crippen LogP contribution >= 0.6 is 11.6 Å². The van der Waals surface area contributed by atoms with Crippen molar-refractivity contribution in [3.8, 4) is 0 Å². The number of carbonyl (C=O) groups is 1. The number of piperidine rings is 1. The number of hydrogen-bond donors (Lipinski definition) is 1. The fourth-order valence-electron chi connectivity index (χ4n) is 2.77. The molecule has 5 heteroatoms. The van der Waals surface area contributed by atoms with Crippen LogP contribution in [0.5, 0.6) is 0 Å². The molecule has 0 saturated carbocycles. The predicted molar refractivity (Wildman–Crippen MR) is 76.3 cm³/mol. The average Bonchev–Trinajstić information content (AvgIpc) is 2.44. The van der Waals surface area contributed by atoms with Gasteiger partial charge >= 0.3 is 5.97 Å². The molecule has 1 N–H and O–H groups in total. The van der Waals surface area contributed by atoms with Crippen molar-refractivity contribution in [2.75, 3.05) is 13.1 Å². The van der Waals surface area contributed by atoms with E-state index in [1.54, 1.807) is 12.1 Å². The first-order valence-electron chi connectivity index (χ1n) is 6.87. The van der Waals surface area contributed by atoms with Crippen LogP contribution in [0.3, 0.4) is 0 Å². The Morgan fingerprint density at radius 2 is 2.10 bits per heavy atom. The lowest BCUT2D eigenvalue weighted by Gasteiger charge is -2.38. The first-order chi connectivity index (χ1) is 9.48. The second kappa shape index (κ2) is 6.10. The van der Waals surface area contributed by atoms with E-state index in [1.165, 1.54) is 6.07 Å². The SMILES string of the molecule is CCC1(C(=O)O)CCN(Cc2cccc(Cl)c2F)CC1. The van der Waals surface area contributed by atoms with Gasteiger partial charge in [0, 0.05) is 12.1 Å². The van der Waals surface area contributed by atoms with Crippen molar-refractivity contribution in [2.24, 2.45) is 5.41 Å². The number of hydrogen-bond acceptors (Lipinski definition) is 2. The third-order valence-corrected chi connectivity index (χ3v) is 4.66. The number of carboxylic acid groups (broad SMARTS) is 1. The summed E-state index contributed by atoms with van der Waals surface area (Å²) >= 11 is 5.77. The monoisotopic (exact) mass is 299 g/mol. The topological polar surface area (TPSA) is 40.5 Å². The number of aliphatic carboxylic acids is 1. The highest BCUT2D eigenvalue weighted by molar-refractivity contribution is 6.30. The van der Waals surface area contributed by atoms with Crippen LogP contribution < -0.4 is 0 Å². The molecule has 0 amide bonds.